The molecular weight excluding hydrogens is 214 g/mol. The van der Waals surface area contributed by atoms with E-state index in [0.717, 1.165) is 4.88 Å². The van der Waals surface area contributed by atoms with Crippen LogP contribution in [0.2, 0.25) is 0 Å². The number of hydrogen-bond donors (Lipinski definition) is 2. The molecule has 0 aromatic carbocycles. The molecule has 0 saturated carbocycles. The van der Waals surface area contributed by atoms with E-state index in [4.69, 9.17) is 5.11 Å². The van der Waals surface area contributed by atoms with Crippen LogP contribution >= 0.6 is 11.3 Å². The summed E-state index contributed by atoms with van der Waals surface area (Å²) < 4.78 is 0. The Balaban J connectivity index is 2.52. The van der Waals surface area contributed by atoms with Gasteiger partial charge in [-0.1, -0.05) is 0 Å². The van der Waals surface area contributed by atoms with Crippen LogP contribution in [0, 0.1) is 6.92 Å². The molecule has 0 fully saturated rings. The fraction of sp³-hybridized carbons (Fsp3) is 0.400. The lowest BCUT2D eigenvalue weighted by molar-refractivity contribution is -0.140. The number of nitrogens with one attached hydrogen (secondary N) is 1. The van der Waals surface area contributed by atoms with Gasteiger partial charge in [-0.2, -0.15) is 0 Å². The highest BCUT2D eigenvalue weighted by Gasteiger charge is 2.13. The van der Waals surface area contributed by atoms with Gasteiger partial charge in [-0.25, -0.2) is 0 Å². The fourth-order valence-electron chi connectivity index (χ4n) is 1.19. The summed E-state index contributed by atoms with van der Waals surface area (Å²) in [6, 6.07) is 3.78. The molecule has 0 aliphatic carbocycles. The van der Waals surface area contributed by atoms with Crippen LogP contribution in [0.4, 0.5) is 0 Å². The fourth-order valence-corrected chi connectivity index (χ4v) is 2.07. The van der Waals surface area contributed by atoms with E-state index in [2.05, 4.69) is 5.32 Å². The topological polar surface area (TPSA) is 66.4 Å². The zero-order chi connectivity index (χ0) is 11.4. The minimum Gasteiger partial charge on any atom is -0.481 e. The van der Waals surface area contributed by atoms with E-state index in [0.29, 0.717) is 0 Å². The van der Waals surface area contributed by atoms with Crippen molar-refractivity contribution in [3.05, 3.63) is 21.9 Å². The maximum Gasteiger partial charge on any atom is 0.312 e. The van der Waals surface area contributed by atoms with Crippen molar-refractivity contribution in [1.29, 1.82) is 0 Å². The van der Waals surface area contributed by atoms with Crippen molar-refractivity contribution in [2.45, 2.75) is 26.3 Å². The van der Waals surface area contributed by atoms with Crippen molar-refractivity contribution < 1.29 is 14.7 Å². The summed E-state index contributed by atoms with van der Waals surface area (Å²) in [4.78, 5) is 23.6. The molecule has 5 heteroatoms. The van der Waals surface area contributed by atoms with Crippen LogP contribution in [-0.4, -0.2) is 17.0 Å². The van der Waals surface area contributed by atoms with Gasteiger partial charge in [0.15, 0.2) is 0 Å². The molecule has 1 atom stereocenters. The molecule has 4 nitrogen and oxygen atoms in total. The monoisotopic (exact) mass is 227 g/mol. The maximum atomic E-state index is 11.2. The quantitative estimate of drug-likeness (QED) is 0.769. The lowest BCUT2D eigenvalue weighted by Crippen LogP contribution is -2.27. The molecule has 15 heavy (non-hydrogen) atoms. The molecular formula is C10H13NO3S. The predicted molar refractivity (Wildman–Crippen MR) is 57.9 cm³/mol. The summed E-state index contributed by atoms with van der Waals surface area (Å²) in [6.07, 6.45) is -0.477. The highest BCUT2D eigenvalue weighted by molar-refractivity contribution is 7.12. The van der Waals surface area contributed by atoms with E-state index >= 15 is 0 Å². The van der Waals surface area contributed by atoms with Gasteiger partial charge in [0.05, 0.1) is 6.04 Å². The SMILES string of the molecule is Cc1ccc(C(C)NC(=O)CC(=O)O)s1. The minimum absolute atomic E-state index is 0.129. The van der Waals surface area contributed by atoms with Crippen LogP contribution in [0.5, 0.6) is 0 Å². The Morgan fingerprint density at radius 2 is 2.20 bits per heavy atom. The zero-order valence-corrected chi connectivity index (χ0v) is 9.43. The number of carbonyl (C=O) groups excluding carboxylic acids is 1. The lowest BCUT2D eigenvalue weighted by atomic mass is 10.2. The third-order valence-electron chi connectivity index (χ3n) is 1.88. The van der Waals surface area contributed by atoms with Crippen LogP contribution < -0.4 is 5.32 Å². The average Bonchev–Trinajstić information content (AvgIpc) is 2.49. The summed E-state index contributed by atoms with van der Waals surface area (Å²) in [5, 5.41) is 11.0. The second kappa shape index (κ2) is 4.93. The molecule has 1 heterocycles. The normalized spacial score (nSPS) is 12.1. The number of hydrogen-bond acceptors (Lipinski definition) is 3. The first kappa shape index (κ1) is 11.7. The van der Waals surface area contributed by atoms with E-state index in [1.54, 1.807) is 11.3 Å². The van der Waals surface area contributed by atoms with E-state index < -0.39 is 18.3 Å². The Morgan fingerprint density at radius 3 is 2.67 bits per heavy atom. The van der Waals surface area contributed by atoms with Crippen LogP contribution in [0.3, 0.4) is 0 Å². The molecule has 0 saturated heterocycles. The minimum atomic E-state index is -1.11. The summed E-state index contributed by atoms with van der Waals surface area (Å²) in [5.74, 6) is -1.57. The van der Waals surface area contributed by atoms with Gasteiger partial charge in [0, 0.05) is 9.75 Å². The standard InChI is InChI=1S/C10H13NO3S/c1-6-3-4-8(15-6)7(2)11-9(12)5-10(13)14/h3-4,7H,5H2,1-2H3,(H,11,12)(H,13,14). The van der Waals surface area contributed by atoms with Gasteiger partial charge in [0.25, 0.3) is 0 Å². The molecule has 1 aromatic heterocycles. The van der Waals surface area contributed by atoms with E-state index in [1.807, 2.05) is 26.0 Å². The molecule has 0 aliphatic rings. The first-order chi connectivity index (χ1) is 6.99. The third kappa shape index (κ3) is 3.71. The van der Waals surface area contributed by atoms with E-state index in [9.17, 15) is 9.59 Å². The first-order valence-electron chi connectivity index (χ1n) is 4.56. The Hall–Kier alpha value is -1.36. The number of amides is 1. The number of rotatable bonds is 4. The van der Waals surface area contributed by atoms with Crippen LogP contribution in [0.25, 0.3) is 0 Å². The van der Waals surface area contributed by atoms with Crippen LogP contribution in [0.15, 0.2) is 12.1 Å². The highest BCUT2D eigenvalue weighted by Crippen LogP contribution is 2.22. The molecule has 1 amide bonds. The summed E-state index contributed by atoms with van der Waals surface area (Å²) in [7, 11) is 0. The van der Waals surface area contributed by atoms with Gasteiger partial charge in [0.2, 0.25) is 5.91 Å². The highest BCUT2D eigenvalue weighted by atomic mass is 32.1. The van der Waals surface area contributed by atoms with Crippen LogP contribution in [-0.2, 0) is 9.59 Å². The number of carboxylic acids is 1. The van der Waals surface area contributed by atoms with Gasteiger partial charge >= 0.3 is 5.97 Å². The van der Waals surface area contributed by atoms with Gasteiger partial charge < -0.3 is 10.4 Å². The zero-order valence-electron chi connectivity index (χ0n) is 8.61. The molecule has 1 unspecified atom stereocenters. The Bertz CT molecular complexity index is 372. The van der Waals surface area contributed by atoms with Gasteiger partial charge in [-0.15, -0.1) is 11.3 Å². The van der Waals surface area contributed by atoms with Crippen molar-refractivity contribution in [2.75, 3.05) is 0 Å². The molecule has 0 spiro atoms. The molecule has 0 aliphatic heterocycles. The summed E-state index contributed by atoms with van der Waals surface area (Å²) in [6.45, 7) is 3.82. The number of aliphatic carboxylic acids is 1. The van der Waals surface area contributed by atoms with E-state index in [1.165, 1.54) is 4.88 Å². The Morgan fingerprint density at radius 1 is 1.53 bits per heavy atom. The van der Waals surface area contributed by atoms with Crippen LogP contribution in [0.1, 0.15) is 29.1 Å². The molecule has 82 valence electrons. The van der Waals surface area contributed by atoms with Crippen molar-refractivity contribution in [1.82, 2.24) is 5.32 Å². The van der Waals surface area contributed by atoms with E-state index in [-0.39, 0.29) is 6.04 Å². The predicted octanol–water partition coefficient (Wildman–Crippen LogP) is 1.71. The Labute approximate surface area is 91.9 Å². The summed E-state index contributed by atoms with van der Waals surface area (Å²) >= 11 is 1.59. The second-order valence-corrected chi connectivity index (χ2v) is 4.63. The third-order valence-corrected chi connectivity index (χ3v) is 3.06. The number of carbonyl (C=O) groups is 2. The van der Waals surface area contributed by atoms with Gasteiger partial charge in [-0.3, -0.25) is 9.59 Å². The Kier molecular flexibility index (Phi) is 3.85. The average molecular weight is 227 g/mol. The smallest absolute Gasteiger partial charge is 0.312 e. The van der Waals surface area contributed by atoms with Crippen molar-refractivity contribution >= 4 is 23.2 Å². The molecule has 1 rings (SSSR count). The lowest BCUT2D eigenvalue weighted by Gasteiger charge is -2.10. The maximum absolute atomic E-state index is 11.2. The molecule has 0 radical (unpaired) electrons. The molecule has 1 aromatic rings. The first-order valence-corrected chi connectivity index (χ1v) is 5.38. The number of carboxylic acid groups (broad SMARTS) is 1. The van der Waals surface area contributed by atoms with Crippen molar-refractivity contribution in [2.24, 2.45) is 0 Å². The number of thiophene rings is 1. The van der Waals surface area contributed by atoms with Crippen molar-refractivity contribution in [3.63, 3.8) is 0 Å². The molecule has 0 bridgehead atoms. The number of aryl methyl sites for hydroxylation is 1. The largest absolute Gasteiger partial charge is 0.481 e. The second-order valence-electron chi connectivity index (χ2n) is 3.31. The van der Waals surface area contributed by atoms with Gasteiger partial charge in [0.1, 0.15) is 6.42 Å². The molecule has 2 N–H and O–H groups in total. The van der Waals surface area contributed by atoms with Gasteiger partial charge in [-0.05, 0) is 26.0 Å². The van der Waals surface area contributed by atoms with Crippen molar-refractivity contribution in [3.8, 4) is 0 Å². The summed E-state index contributed by atoms with van der Waals surface area (Å²) in [5.41, 5.74) is 0.